The van der Waals surface area contributed by atoms with E-state index in [1.165, 1.54) is 6.42 Å². The fourth-order valence-corrected chi connectivity index (χ4v) is 2.71. The highest BCUT2D eigenvalue weighted by atomic mass is 32.2. The summed E-state index contributed by atoms with van der Waals surface area (Å²) in [6, 6.07) is 0.455. The number of rotatable bonds is 5. The van der Waals surface area contributed by atoms with Crippen LogP contribution in [-0.2, 0) is 5.75 Å². The molecule has 0 radical (unpaired) electrons. The summed E-state index contributed by atoms with van der Waals surface area (Å²) in [4.78, 5) is 4.48. The summed E-state index contributed by atoms with van der Waals surface area (Å²) in [6.07, 6.45) is 2.30. The highest BCUT2D eigenvalue weighted by Crippen LogP contribution is 2.26. The Morgan fingerprint density at radius 2 is 2.44 bits per heavy atom. The molecule has 2 unspecified atom stereocenters. The summed E-state index contributed by atoms with van der Waals surface area (Å²) in [7, 11) is 0. The minimum absolute atomic E-state index is 0.400. The zero-order chi connectivity index (χ0) is 11.4. The van der Waals surface area contributed by atoms with Crippen LogP contribution in [0.25, 0.3) is 0 Å². The molecule has 0 bridgehead atoms. The molecule has 0 spiro atoms. The first-order valence-electron chi connectivity index (χ1n) is 5.95. The second kappa shape index (κ2) is 5.68. The monoisotopic (exact) mass is 241 g/mol. The van der Waals surface area contributed by atoms with E-state index in [9.17, 15) is 0 Å². The zero-order valence-corrected chi connectivity index (χ0v) is 10.7. The zero-order valence-electron chi connectivity index (χ0n) is 9.90. The molecular formula is C11H19N3OS. The van der Waals surface area contributed by atoms with Gasteiger partial charge in [0.2, 0.25) is 5.89 Å². The summed E-state index contributed by atoms with van der Waals surface area (Å²) >= 11 is 1.86. The van der Waals surface area contributed by atoms with Crippen LogP contribution in [-0.4, -0.2) is 28.5 Å². The number of thioether (sulfide) groups is 1. The summed E-state index contributed by atoms with van der Waals surface area (Å²) in [5, 5.41) is 7.43. The van der Waals surface area contributed by atoms with E-state index in [2.05, 4.69) is 29.3 Å². The SMILES string of the molecule is CCCSCc1noc(C2CCNC2C)n1. The highest BCUT2D eigenvalue weighted by Gasteiger charge is 2.29. The van der Waals surface area contributed by atoms with E-state index in [-0.39, 0.29) is 0 Å². The van der Waals surface area contributed by atoms with Gasteiger partial charge in [-0.1, -0.05) is 12.1 Å². The normalized spacial score (nSPS) is 25.1. The Kier molecular flexibility index (Phi) is 4.23. The van der Waals surface area contributed by atoms with Crippen LogP contribution in [0.1, 0.15) is 44.3 Å². The van der Waals surface area contributed by atoms with E-state index in [1.807, 2.05) is 11.8 Å². The molecule has 1 aromatic heterocycles. The van der Waals surface area contributed by atoms with Gasteiger partial charge < -0.3 is 9.84 Å². The van der Waals surface area contributed by atoms with Gasteiger partial charge in [-0.05, 0) is 32.1 Å². The third-order valence-corrected chi connectivity index (χ3v) is 4.07. The lowest BCUT2D eigenvalue weighted by Gasteiger charge is -2.08. The van der Waals surface area contributed by atoms with Crippen molar-refractivity contribution >= 4 is 11.8 Å². The number of hydrogen-bond acceptors (Lipinski definition) is 5. The Labute approximate surface area is 101 Å². The van der Waals surface area contributed by atoms with Gasteiger partial charge in [0, 0.05) is 6.04 Å². The number of aromatic nitrogens is 2. The van der Waals surface area contributed by atoms with Crippen LogP contribution in [0.3, 0.4) is 0 Å². The fourth-order valence-electron chi connectivity index (χ4n) is 1.98. The Hall–Kier alpha value is -0.550. The Bertz CT molecular complexity index is 329. The quantitative estimate of drug-likeness (QED) is 0.801. The summed E-state index contributed by atoms with van der Waals surface area (Å²) < 4.78 is 5.34. The molecule has 0 aromatic carbocycles. The maximum atomic E-state index is 5.34. The van der Waals surface area contributed by atoms with E-state index >= 15 is 0 Å². The molecule has 16 heavy (non-hydrogen) atoms. The number of nitrogens with one attached hydrogen (secondary N) is 1. The molecule has 2 rings (SSSR count). The Morgan fingerprint density at radius 3 is 3.12 bits per heavy atom. The Morgan fingerprint density at radius 1 is 1.56 bits per heavy atom. The van der Waals surface area contributed by atoms with Crippen molar-refractivity contribution in [3.8, 4) is 0 Å². The predicted octanol–water partition coefficient (Wildman–Crippen LogP) is 2.18. The first-order chi connectivity index (χ1) is 7.81. The van der Waals surface area contributed by atoms with Gasteiger partial charge in [0.1, 0.15) is 0 Å². The van der Waals surface area contributed by atoms with E-state index in [4.69, 9.17) is 4.52 Å². The summed E-state index contributed by atoms with van der Waals surface area (Å²) in [5.41, 5.74) is 0. The summed E-state index contributed by atoms with van der Waals surface area (Å²) in [5.74, 6) is 4.08. The van der Waals surface area contributed by atoms with Gasteiger partial charge in [0.25, 0.3) is 0 Å². The van der Waals surface area contributed by atoms with Gasteiger partial charge in [-0.15, -0.1) is 0 Å². The predicted molar refractivity (Wildman–Crippen MR) is 65.6 cm³/mol. The van der Waals surface area contributed by atoms with Crippen LogP contribution in [0, 0.1) is 0 Å². The molecule has 90 valence electrons. The van der Waals surface area contributed by atoms with E-state index < -0.39 is 0 Å². The van der Waals surface area contributed by atoms with Crippen LogP contribution < -0.4 is 5.32 Å². The lowest BCUT2D eigenvalue weighted by Crippen LogP contribution is -2.21. The molecule has 2 heterocycles. The van der Waals surface area contributed by atoms with Crippen LogP contribution >= 0.6 is 11.8 Å². The molecule has 1 aliphatic rings. The van der Waals surface area contributed by atoms with Crippen LogP contribution in [0.15, 0.2) is 4.52 Å². The van der Waals surface area contributed by atoms with Gasteiger partial charge in [0.05, 0.1) is 11.7 Å². The van der Waals surface area contributed by atoms with Crippen molar-refractivity contribution in [2.75, 3.05) is 12.3 Å². The van der Waals surface area contributed by atoms with Crippen molar-refractivity contribution in [2.45, 2.75) is 44.4 Å². The molecule has 1 saturated heterocycles. The maximum absolute atomic E-state index is 5.34. The molecule has 1 aliphatic heterocycles. The minimum atomic E-state index is 0.400. The molecule has 1 N–H and O–H groups in total. The second-order valence-corrected chi connectivity index (χ2v) is 5.34. The standard InChI is InChI=1S/C11H19N3OS/c1-3-6-16-7-10-13-11(15-14-10)9-4-5-12-8(9)2/h8-9,12H,3-7H2,1-2H3. The second-order valence-electron chi connectivity index (χ2n) is 4.24. The molecule has 5 heteroatoms. The number of nitrogens with zero attached hydrogens (tertiary/aromatic N) is 2. The first kappa shape index (κ1) is 11.9. The fraction of sp³-hybridized carbons (Fsp3) is 0.818. The molecule has 1 aromatic rings. The molecule has 0 saturated carbocycles. The van der Waals surface area contributed by atoms with E-state index in [1.54, 1.807) is 0 Å². The molecule has 2 atom stereocenters. The van der Waals surface area contributed by atoms with Crippen molar-refractivity contribution < 1.29 is 4.52 Å². The average Bonchev–Trinajstić information content (AvgIpc) is 2.87. The first-order valence-corrected chi connectivity index (χ1v) is 7.10. The average molecular weight is 241 g/mol. The third-order valence-electron chi connectivity index (χ3n) is 2.91. The molecule has 0 amide bonds. The molecular weight excluding hydrogens is 222 g/mol. The smallest absolute Gasteiger partial charge is 0.231 e. The van der Waals surface area contributed by atoms with Gasteiger partial charge in [-0.2, -0.15) is 16.7 Å². The summed E-state index contributed by atoms with van der Waals surface area (Å²) in [6.45, 7) is 5.40. The van der Waals surface area contributed by atoms with Crippen molar-refractivity contribution in [2.24, 2.45) is 0 Å². The largest absolute Gasteiger partial charge is 0.339 e. The van der Waals surface area contributed by atoms with Crippen LogP contribution in [0.2, 0.25) is 0 Å². The lowest BCUT2D eigenvalue weighted by molar-refractivity contribution is 0.342. The van der Waals surface area contributed by atoms with Gasteiger partial charge in [0.15, 0.2) is 5.82 Å². The van der Waals surface area contributed by atoms with Crippen LogP contribution in [0.5, 0.6) is 0 Å². The molecule has 0 aliphatic carbocycles. The van der Waals surface area contributed by atoms with Crippen molar-refractivity contribution in [3.05, 3.63) is 11.7 Å². The molecule has 4 nitrogen and oxygen atoms in total. The van der Waals surface area contributed by atoms with Crippen molar-refractivity contribution in [3.63, 3.8) is 0 Å². The van der Waals surface area contributed by atoms with E-state index in [0.29, 0.717) is 12.0 Å². The van der Waals surface area contributed by atoms with E-state index in [0.717, 1.165) is 36.2 Å². The lowest BCUT2D eigenvalue weighted by atomic mass is 10.0. The van der Waals surface area contributed by atoms with Gasteiger partial charge in [-0.25, -0.2) is 0 Å². The highest BCUT2D eigenvalue weighted by molar-refractivity contribution is 7.98. The minimum Gasteiger partial charge on any atom is -0.339 e. The van der Waals surface area contributed by atoms with Crippen LogP contribution in [0.4, 0.5) is 0 Å². The van der Waals surface area contributed by atoms with Gasteiger partial charge >= 0.3 is 0 Å². The van der Waals surface area contributed by atoms with Crippen molar-refractivity contribution in [1.82, 2.24) is 15.5 Å². The third kappa shape index (κ3) is 2.77. The number of hydrogen-bond donors (Lipinski definition) is 1. The van der Waals surface area contributed by atoms with Crippen molar-refractivity contribution in [1.29, 1.82) is 0 Å². The topological polar surface area (TPSA) is 51.0 Å². The van der Waals surface area contributed by atoms with Gasteiger partial charge in [-0.3, -0.25) is 0 Å². The maximum Gasteiger partial charge on any atom is 0.231 e. The molecule has 1 fully saturated rings. The Balaban J connectivity index is 1.91.